The van der Waals surface area contributed by atoms with Crippen LogP contribution in [-0.2, 0) is 9.84 Å². The Kier molecular flexibility index (Phi) is 2.98. The minimum absolute atomic E-state index is 0.269. The van der Waals surface area contributed by atoms with Gasteiger partial charge in [0.25, 0.3) is 3.90 Å². The highest BCUT2D eigenvalue weighted by molar-refractivity contribution is 14.1. The van der Waals surface area contributed by atoms with Gasteiger partial charge in [0.2, 0.25) is 5.89 Å². The molecule has 84 valence electrons. The van der Waals surface area contributed by atoms with Crippen molar-refractivity contribution in [3.8, 4) is 11.5 Å². The van der Waals surface area contributed by atoms with Crippen LogP contribution in [0.15, 0.2) is 33.6 Å². The van der Waals surface area contributed by atoms with Gasteiger partial charge in [-0.05, 0) is 24.3 Å². The van der Waals surface area contributed by atoms with E-state index in [1.807, 2.05) is 22.6 Å². The normalized spacial score (nSPS) is 11.6. The molecule has 0 fully saturated rings. The maximum Gasteiger partial charge on any atom is 0.278 e. The zero-order valence-corrected chi connectivity index (χ0v) is 11.2. The van der Waals surface area contributed by atoms with Crippen LogP contribution in [0.3, 0.4) is 0 Å². The largest absolute Gasteiger partial charge is 0.412 e. The van der Waals surface area contributed by atoms with E-state index in [9.17, 15) is 8.42 Å². The van der Waals surface area contributed by atoms with Crippen molar-refractivity contribution in [1.29, 1.82) is 0 Å². The molecule has 0 saturated heterocycles. The van der Waals surface area contributed by atoms with Crippen LogP contribution < -0.4 is 0 Å². The minimum atomic E-state index is -3.16. The Labute approximate surface area is 106 Å². The van der Waals surface area contributed by atoms with Gasteiger partial charge in [0.1, 0.15) is 0 Å². The Morgan fingerprint density at radius 2 is 1.81 bits per heavy atom. The van der Waals surface area contributed by atoms with E-state index in [-0.39, 0.29) is 4.90 Å². The number of nitrogens with zero attached hydrogens (tertiary/aromatic N) is 2. The molecule has 1 aromatic heterocycles. The summed E-state index contributed by atoms with van der Waals surface area (Å²) in [5.41, 5.74) is 0.697. The maximum absolute atomic E-state index is 11.2. The van der Waals surface area contributed by atoms with Gasteiger partial charge in [-0.15, -0.1) is 10.2 Å². The van der Waals surface area contributed by atoms with Gasteiger partial charge in [-0.3, -0.25) is 0 Å². The molecule has 0 N–H and O–H groups in total. The molecule has 2 aromatic rings. The van der Waals surface area contributed by atoms with Crippen molar-refractivity contribution < 1.29 is 12.8 Å². The number of aromatic nitrogens is 2. The monoisotopic (exact) mass is 350 g/mol. The summed E-state index contributed by atoms with van der Waals surface area (Å²) < 4.78 is 28.1. The first-order chi connectivity index (χ1) is 7.47. The molecule has 0 aliphatic rings. The first kappa shape index (κ1) is 11.5. The van der Waals surface area contributed by atoms with Crippen LogP contribution >= 0.6 is 22.6 Å². The zero-order valence-electron chi connectivity index (χ0n) is 8.21. The smallest absolute Gasteiger partial charge is 0.278 e. The van der Waals surface area contributed by atoms with Crippen LogP contribution in [0.1, 0.15) is 0 Å². The number of sulfone groups is 1. The second kappa shape index (κ2) is 4.13. The summed E-state index contributed by atoms with van der Waals surface area (Å²) in [7, 11) is -3.16. The highest BCUT2D eigenvalue weighted by Gasteiger charge is 2.09. The van der Waals surface area contributed by atoms with Crippen molar-refractivity contribution in [2.24, 2.45) is 0 Å². The van der Waals surface area contributed by atoms with Gasteiger partial charge in [0.15, 0.2) is 9.84 Å². The van der Waals surface area contributed by atoms with E-state index in [4.69, 9.17) is 4.42 Å². The Morgan fingerprint density at radius 3 is 2.25 bits per heavy atom. The molecule has 0 bridgehead atoms. The lowest BCUT2D eigenvalue weighted by molar-refractivity contribution is 0.537. The van der Waals surface area contributed by atoms with Crippen molar-refractivity contribution in [3.63, 3.8) is 0 Å². The lowest BCUT2D eigenvalue weighted by Gasteiger charge is -1.98. The molecule has 0 spiro atoms. The van der Waals surface area contributed by atoms with Crippen molar-refractivity contribution in [2.75, 3.05) is 6.26 Å². The standard InChI is InChI=1S/C9H7IN2O3S/c1-16(13,14)7-4-2-6(3-5-7)8-11-12-9(10)15-8/h2-5H,1H3. The Balaban J connectivity index is 2.40. The first-order valence-corrected chi connectivity index (χ1v) is 7.23. The number of hydrogen-bond donors (Lipinski definition) is 0. The fourth-order valence-corrected chi connectivity index (χ4v) is 2.11. The van der Waals surface area contributed by atoms with Crippen LogP contribution in [0.25, 0.3) is 11.5 Å². The lowest BCUT2D eigenvalue weighted by Crippen LogP contribution is -1.96. The van der Waals surface area contributed by atoms with Gasteiger partial charge in [-0.2, -0.15) is 0 Å². The highest BCUT2D eigenvalue weighted by atomic mass is 127. The number of hydrogen-bond acceptors (Lipinski definition) is 5. The number of rotatable bonds is 2. The molecule has 1 aromatic carbocycles. The molecular formula is C9H7IN2O3S. The molecule has 1 heterocycles. The topological polar surface area (TPSA) is 73.1 Å². The van der Waals surface area contributed by atoms with E-state index in [0.29, 0.717) is 15.4 Å². The summed E-state index contributed by atoms with van der Waals surface area (Å²) in [5.74, 6) is 0.379. The SMILES string of the molecule is CS(=O)(=O)c1ccc(-c2nnc(I)o2)cc1. The van der Waals surface area contributed by atoms with Gasteiger partial charge >= 0.3 is 0 Å². The van der Waals surface area contributed by atoms with Gasteiger partial charge in [0, 0.05) is 34.4 Å². The number of halogens is 1. The molecule has 7 heteroatoms. The van der Waals surface area contributed by atoms with Crippen LogP contribution in [-0.4, -0.2) is 24.9 Å². The van der Waals surface area contributed by atoms with Gasteiger partial charge in [-0.25, -0.2) is 8.42 Å². The van der Waals surface area contributed by atoms with E-state index in [1.54, 1.807) is 12.1 Å². The number of benzene rings is 1. The van der Waals surface area contributed by atoms with E-state index in [1.165, 1.54) is 12.1 Å². The fourth-order valence-electron chi connectivity index (χ4n) is 1.17. The summed E-state index contributed by atoms with van der Waals surface area (Å²) in [5, 5.41) is 7.52. The predicted molar refractivity (Wildman–Crippen MR) is 65.6 cm³/mol. The molecule has 16 heavy (non-hydrogen) atoms. The summed E-state index contributed by atoms with van der Waals surface area (Å²) >= 11 is 1.91. The van der Waals surface area contributed by atoms with Crippen LogP contribution in [0, 0.1) is 3.90 Å². The molecule has 0 saturated carbocycles. The van der Waals surface area contributed by atoms with Crippen molar-refractivity contribution >= 4 is 32.4 Å². The van der Waals surface area contributed by atoms with Crippen molar-refractivity contribution in [2.45, 2.75) is 4.90 Å². The summed E-state index contributed by atoms with van der Waals surface area (Å²) in [6, 6.07) is 6.31. The van der Waals surface area contributed by atoms with Gasteiger partial charge < -0.3 is 4.42 Å². The molecule has 5 nitrogen and oxygen atoms in total. The molecule has 0 unspecified atom stereocenters. The Hall–Kier alpha value is -0.960. The molecular weight excluding hydrogens is 343 g/mol. The van der Waals surface area contributed by atoms with E-state index in [2.05, 4.69) is 10.2 Å². The predicted octanol–water partition coefficient (Wildman–Crippen LogP) is 1.74. The van der Waals surface area contributed by atoms with Gasteiger partial charge in [0.05, 0.1) is 4.90 Å². The van der Waals surface area contributed by atoms with Crippen molar-refractivity contribution in [3.05, 3.63) is 28.2 Å². The Morgan fingerprint density at radius 1 is 1.19 bits per heavy atom. The third kappa shape index (κ3) is 2.40. The van der Waals surface area contributed by atoms with Crippen LogP contribution in [0.2, 0.25) is 0 Å². The third-order valence-corrected chi connectivity index (χ3v) is 3.49. The van der Waals surface area contributed by atoms with Crippen molar-refractivity contribution in [1.82, 2.24) is 10.2 Å². The average Bonchev–Trinajstić information content (AvgIpc) is 2.64. The lowest BCUT2D eigenvalue weighted by atomic mass is 10.2. The zero-order chi connectivity index (χ0) is 11.8. The summed E-state index contributed by atoms with van der Waals surface area (Å²) in [6.45, 7) is 0. The molecule has 0 amide bonds. The van der Waals surface area contributed by atoms with E-state index < -0.39 is 9.84 Å². The van der Waals surface area contributed by atoms with Gasteiger partial charge in [-0.1, -0.05) is 0 Å². The van der Waals surface area contributed by atoms with Crippen LogP contribution in [0.4, 0.5) is 0 Å². The quantitative estimate of drug-likeness (QED) is 0.772. The summed E-state index contributed by atoms with van der Waals surface area (Å²) in [6.07, 6.45) is 1.16. The molecule has 0 aliphatic heterocycles. The second-order valence-corrected chi connectivity index (χ2v) is 6.10. The third-order valence-electron chi connectivity index (χ3n) is 1.93. The van der Waals surface area contributed by atoms with E-state index in [0.717, 1.165) is 6.26 Å². The highest BCUT2D eigenvalue weighted by Crippen LogP contribution is 2.20. The maximum atomic E-state index is 11.2. The average molecular weight is 350 g/mol. The molecule has 2 rings (SSSR count). The van der Waals surface area contributed by atoms with Crippen LogP contribution in [0.5, 0.6) is 0 Å². The van der Waals surface area contributed by atoms with E-state index >= 15 is 0 Å². The minimum Gasteiger partial charge on any atom is -0.412 e. The fraction of sp³-hybridized carbons (Fsp3) is 0.111. The molecule has 0 aliphatic carbocycles. The molecule has 0 atom stereocenters. The molecule has 0 radical (unpaired) electrons. The Bertz CT molecular complexity index is 604. The first-order valence-electron chi connectivity index (χ1n) is 4.26. The summed E-state index contributed by atoms with van der Waals surface area (Å²) in [4.78, 5) is 0.269. The second-order valence-electron chi connectivity index (χ2n) is 3.16.